The van der Waals surface area contributed by atoms with Crippen molar-refractivity contribution in [2.75, 3.05) is 0 Å². The fraction of sp³-hybridized carbons (Fsp3) is 0.158. The maximum absolute atomic E-state index is 4.72. The third-order valence-electron chi connectivity index (χ3n) is 4.23. The Bertz CT molecular complexity index is 1010. The summed E-state index contributed by atoms with van der Waals surface area (Å²) in [6, 6.07) is 14.8. The second-order valence-electron chi connectivity index (χ2n) is 5.93. The molecule has 0 amide bonds. The van der Waals surface area contributed by atoms with E-state index in [-0.39, 0.29) is 0 Å². The molecule has 4 heteroatoms. The van der Waals surface area contributed by atoms with Crippen molar-refractivity contribution in [3.8, 4) is 22.5 Å². The van der Waals surface area contributed by atoms with E-state index < -0.39 is 0 Å². The zero-order chi connectivity index (χ0) is 16.0. The molecule has 4 nitrogen and oxygen atoms in total. The lowest BCUT2D eigenvalue weighted by atomic mass is 10.0. The third kappa shape index (κ3) is 2.32. The minimum absolute atomic E-state index is 0.993. The summed E-state index contributed by atoms with van der Waals surface area (Å²) in [5, 5.41) is 5.44. The van der Waals surface area contributed by atoms with Gasteiger partial charge in [-0.1, -0.05) is 6.07 Å². The number of nitrogens with zero attached hydrogens (tertiary/aromatic N) is 4. The monoisotopic (exact) mass is 302 g/mol. The Labute approximate surface area is 135 Å². The molecule has 114 valence electrons. The molecule has 4 aromatic rings. The van der Waals surface area contributed by atoms with Crippen LogP contribution in [-0.2, 0) is 14.1 Å². The fourth-order valence-electron chi connectivity index (χ4n) is 3.05. The number of aromatic nitrogens is 4. The van der Waals surface area contributed by atoms with E-state index in [9.17, 15) is 0 Å². The summed E-state index contributed by atoms with van der Waals surface area (Å²) in [7, 11) is 4.02. The predicted octanol–water partition coefficient (Wildman–Crippen LogP) is 3.95. The van der Waals surface area contributed by atoms with Gasteiger partial charge in [0.15, 0.2) is 0 Å². The van der Waals surface area contributed by atoms with Crippen LogP contribution in [0.25, 0.3) is 33.4 Å². The lowest BCUT2D eigenvalue weighted by Gasteiger charge is -2.09. The minimum Gasteiger partial charge on any atom is -0.351 e. The van der Waals surface area contributed by atoms with E-state index in [0.29, 0.717) is 0 Å². The van der Waals surface area contributed by atoms with Crippen molar-refractivity contribution in [3.05, 3.63) is 60.6 Å². The first-order valence-electron chi connectivity index (χ1n) is 7.64. The van der Waals surface area contributed by atoms with Gasteiger partial charge in [0.1, 0.15) is 0 Å². The lowest BCUT2D eigenvalue weighted by Crippen LogP contribution is -1.94. The summed E-state index contributed by atoms with van der Waals surface area (Å²) < 4.78 is 4.01. The molecule has 0 aliphatic heterocycles. The van der Waals surface area contributed by atoms with Crippen LogP contribution in [0, 0.1) is 6.92 Å². The molecule has 4 rings (SSSR count). The van der Waals surface area contributed by atoms with Crippen LogP contribution >= 0.6 is 0 Å². The normalized spacial score (nSPS) is 11.3. The topological polar surface area (TPSA) is 35.6 Å². The molecular weight excluding hydrogens is 284 g/mol. The summed E-state index contributed by atoms with van der Waals surface area (Å²) in [6.07, 6.45) is 3.96. The highest BCUT2D eigenvalue weighted by atomic mass is 15.2. The molecule has 23 heavy (non-hydrogen) atoms. The molecule has 0 fully saturated rings. The zero-order valence-electron chi connectivity index (χ0n) is 13.5. The number of aryl methyl sites for hydroxylation is 3. The number of rotatable bonds is 2. The van der Waals surface area contributed by atoms with Gasteiger partial charge in [-0.05, 0) is 43.3 Å². The number of benzene rings is 1. The standard InChI is InChI=1S/C19H18N4/c1-13-9-15(18-5-4-8-22(18)2)11-17(21-13)14-6-7-19-16(10-14)12-20-23(19)3/h4-12H,1-3H3. The lowest BCUT2D eigenvalue weighted by molar-refractivity contribution is 0.797. The van der Waals surface area contributed by atoms with E-state index in [2.05, 4.69) is 65.4 Å². The van der Waals surface area contributed by atoms with Gasteiger partial charge in [-0.15, -0.1) is 0 Å². The Balaban J connectivity index is 1.87. The van der Waals surface area contributed by atoms with Crippen molar-refractivity contribution < 1.29 is 0 Å². The summed E-state index contributed by atoms with van der Waals surface area (Å²) in [5.74, 6) is 0. The highest BCUT2D eigenvalue weighted by Crippen LogP contribution is 2.28. The Morgan fingerprint density at radius 2 is 1.83 bits per heavy atom. The maximum atomic E-state index is 4.72. The number of hydrogen-bond donors (Lipinski definition) is 0. The fourth-order valence-corrected chi connectivity index (χ4v) is 3.05. The molecule has 0 aliphatic carbocycles. The highest BCUT2D eigenvalue weighted by molar-refractivity contribution is 5.84. The van der Waals surface area contributed by atoms with Crippen LogP contribution in [0.15, 0.2) is 54.9 Å². The van der Waals surface area contributed by atoms with E-state index in [1.165, 1.54) is 11.3 Å². The van der Waals surface area contributed by atoms with E-state index in [1.54, 1.807) is 0 Å². The molecule has 0 saturated carbocycles. The van der Waals surface area contributed by atoms with Crippen LogP contribution in [0.2, 0.25) is 0 Å². The number of pyridine rings is 1. The Morgan fingerprint density at radius 3 is 2.61 bits per heavy atom. The van der Waals surface area contributed by atoms with Crippen molar-refractivity contribution in [1.29, 1.82) is 0 Å². The van der Waals surface area contributed by atoms with Crippen molar-refractivity contribution in [2.24, 2.45) is 14.1 Å². The largest absolute Gasteiger partial charge is 0.351 e. The average molecular weight is 302 g/mol. The molecule has 0 radical (unpaired) electrons. The van der Waals surface area contributed by atoms with Crippen LogP contribution in [0.5, 0.6) is 0 Å². The van der Waals surface area contributed by atoms with Crippen LogP contribution in [0.4, 0.5) is 0 Å². The van der Waals surface area contributed by atoms with Gasteiger partial charge in [-0.3, -0.25) is 9.67 Å². The van der Waals surface area contributed by atoms with Crippen molar-refractivity contribution >= 4 is 10.9 Å². The van der Waals surface area contributed by atoms with Gasteiger partial charge in [-0.25, -0.2) is 0 Å². The van der Waals surface area contributed by atoms with E-state index in [0.717, 1.165) is 27.9 Å². The molecule has 0 atom stereocenters. The maximum Gasteiger partial charge on any atom is 0.0712 e. The zero-order valence-corrected chi connectivity index (χ0v) is 13.5. The van der Waals surface area contributed by atoms with Gasteiger partial charge in [0.25, 0.3) is 0 Å². The molecule has 0 aliphatic rings. The van der Waals surface area contributed by atoms with Crippen LogP contribution in [-0.4, -0.2) is 19.3 Å². The van der Waals surface area contributed by atoms with Gasteiger partial charge in [-0.2, -0.15) is 5.10 Å². The van der Waals surface area contributed by atoms with Gasteiger partial charge in [0.2, 0.25) is 0 Å². The van der Waals surface area contributed by atoms with Crippen LogP contribution in [0.3, 0.4) is 0 Å². The smallest absolute Gasteiger partial charge is 0.0712 e. The second kappa shape index (κ2) is 5.09. The first kappa shape index (κ1) is 13.8. The van der Waals surface area contributed by atoms with E-state index in [4.69, 9.17) is 4.98 Å². The Morgan fingerprint density at radius 1 is 0.957 bits per heavy atom. The van der Waals surface area contributed by atoms with E-state index >= 15 is 0 Å². The van der Waals surface area contributed by atoms with Crippen molar-refractivity contribution in [1.82, 2.24) is 19.3 Å². The Kier molecular flexibility index (Phi) is 3.05. The highest BCUT2D eigenvalue weighted by Gasteiger charge is 2.09. The first-order valence-corrected chi connectivity index (χ1v) is 7.64. The predicted molar refractivity (Wildman–Crippen MR) is 93.1 cm³/mol. The van der Waals surface area contributed by atoms with Crippen molar-refractivity contribution in [3.63, 3.8) is 0 Å². The molecule has 1 aromatic carbocycles. The first-order chi connectivity index (χ1) is 11.1. The molecular formula is C19H18N4. The Hall–Kier alpha value is -2.88. The molecule has 0 N–H and O–H groups in total. The number of fused-ring (bicyclic) bond motifs is 1. The summed E-state index contributed by atoms with van der Waals surface area (Å²) >= 11 is 0. The summed E-state index contributed by atoms with van der Waals surface area (Å²) in [5.41, 5.74) is 6.64. The molecule has 0 spiro atoms. The van der Waals surface area contributed by atoms with E-state index in [1.807, 2.05) is 24.9 Å². The van der Waals surface area contributed by atoms with Gasteiger partial charge in [0, 0.05) is 48.2 Å². The van der Waals surface area contributed by atoms with Crippen molar-refractivity contribution in [2.45, 2.75) is 6.92 Å². The summed E-state index contributed by atoms with van der Waals surface area (Å²) in [6.45, 7) is 2.04. The third-order valence-corrected chi connectivity index (χ3v) is 4.23. The summed E-state index contributed by atoms with van der Waals surface area (Å²) in [4.78, 5) is 4.72. The molecule has 0 bridgehead atoms. The molecule has 0 unspecified atom stereocenters. The second-order valence-corrected chi connectivity index (χ2v) is 5.93. The quantitative estimate of drug-likeness (QED) is 0.562. The molecule has 3 aromatic heterocycles. The van der Waals surface area contributed by atoms with Gasteiger partial charge in [0.05, 0.1) is 17.4 Å². The average Bonchev–Trinajstić information content (AvgIpc) is 3.13. The van der Waals surface area contributed by atoms with Crippen LogP contribution < -0.4 is 0 Å². The number of hydrogen-bond acceptors (Lipinski definition) is 2. The minimum atomic E-state index is 0.993. The molecule has 0 saturated heterocycles. The van der Waals surface area contributed by atoms with Crippen LogP contribution in [0.1, 0.15) is 5.69 Å². The molecule has 3 heterocycles. The van der Waals surface area contributed by atoms with Gasteiger partial charge < -0.3 is 4.57 Å². The van der Waals surface area contributed by atoms with Gasteiger partial charge >= 0.3 is 0 Å². The SMILES string of the molecule is Cc1cc(-c2cccn2C)cc(-c2ccc3c(cnn3C)c2)n1.